The molecule has 1 aliphatic heterocycles. The van der Waals surface area contributed by atoms with E-state index in [1.54, 1.807) is 18.5 Å². The van der Waals surface area contributed by atoms with Crippen molar-refractivity contribution >= 4 is 23.5 Å². The summed E-state index contributed by atoms with van der Waals surface area (Å²) in [7, 11) is 0. The Morgan fingerprint density at radius 3 is 2.33 bits per heavy atom. The van der Waals surface area contributed by atoms with E-state index in [0.717, 1.165) is 11.3 Å². The SMILES string of the molecule is Cc1ccc(NC(=O)C2CC2C(=O)N2CCN(c3ncccn3)CC2)cc1. The molecule has 2 fully saturated rings. The van der Waals surface area contributed by atoms with Crippen molar-refractivity contribution in [3.05, 3.63) is 48.3 Å². The van der Waals surface area contributed by atoms with Gasteiger partial charge < -0.3 is 15.1 Å². The molecule has 2 unspecified atom stereocenters. The molecule has 7 heteroatoms. The number of aryl methyl sites for hydroxylation is 1. The van der Waals surface area contributed by atoms with E-state index in [4.69, 9.17) is 0 Å². The molecule has 0 radical (unpaired) electrons. The van der Waals surface area contributed by atoms with Gasteiger partial charge in [0.05, 0.1) is 11.8 Å². The Kier molecular flexibility index (Phi) is 4.75. The summed E-state index contributed by atoms with van der Waals surface area (Å²) in [5.74, 6) is 0.330. The van der Waals surface area contributed by atoms with Crippen LogP contribution in [0, 0.1) is 18.8 Å². The van der Waals surface area contributed by atoms with E-state index in [1.165, 1.54) is 0 Å². The quantitative estimate of drug-likeness (QED) is 0.892. The number of aromatic nitrogens is 2. The molecule has 7 nitrogen and oxygen atoms in total. The summed E-state index contributed by atoms with van der Waals surface area (Å²) >= 11 is 0. The highest BCUT2D eigenvalue weighted by atomic mass is 16.2. The Morgan fingerprint density at radius 1 is 1.00 bits per heavy atom. The number of benzene rings is 1. The fraction of sp³-hybridized carbons (Fsp3) is 0.400. The zero-order valence-corrected chi connectivity index (χ0v) is 15.3. The number of hydrogen-bond acceptors (Lipinski definition) is 5. The molecule has 1 aromatic carbocycles. The van der Waals surface area contributed by atoms with E-state index in [-0.39, 0.29) is 23.7 Å². The van der Waals surface area contributed by atoms with Gasteiger partial charge in [0.2, 0.25) is 17.8 Å². The average Bonchev–Trinajstić information content (AvgIpc) is 3.51. The minimum Gasteiger partial charge on any atom is -0.339 e. The summed E-state index contributed by atoms with van der Waals surface area (Å²) in [5, 5.41) is 2.91. The van der Waals surface area contributed by atoms with Crippen molar-refractivity contribution in [1.82, 2.24) is 14.9 Å². The minimum atomic E-state index is -0.214. The molecule has 0 bridgehead atoms. The van der Waals surface area contributed by atoms with Gasteiger partial charge in [-0.25, -0.2) is 9.97 Å². The van der Waals surface area contributed by atoms with Crippen LogP contribution in [0.5, 0.6) is 0 Å². The first-order valence-corrected chi connectivity index (χ1v) is 9.30. The number of anilines is 2. The van der Waals surface area contributed by atoms with Crippen LogP contribution >= 0.6 is 0 Å². The third-order valence-corrected chi connectivity index (χ3v) is 5.19. The van der Waals surface area contributed by atoms with Crippen molar-refractivity contribution in [3.8, 4) is 0 Å². The van der Waals surface area contributed by atoms with Crippen LogP contribution < -0.4 is 10.2 Å². The predicted molar refractivity (Wildman–Crippen MR) is 102 cm³/mol. The largest absolute Gasteiger partial charge is 0.339 e. The lowest BCUT2D eigenvalue weighted by Gasteiger charge is -2.34. The van der Waals surface area contributed by atoms with Gasteiger partial charge in [-0.2, -0.15) is 0 Å². The third kappa shape index (κ3) is 3.92. The molecule has 1 saturated heterocycles. The first-order chi connectivity index (χ1) is 13.1. The highest BCUT2D eigenvalue weighted by Crippen LogP contribution is 2.41. The molecule has 1 aliphatic carbocycles. The van der Waals surface area contributed by atoms with Gasteiger partial charge in [0.1, 0.15) is 0 Å². The Hall–Kier alpha value is -2.96. The fourth-order valence-corrected chi connectivity index (χ4v) is 3.45. The van der Waals surface area contributed by atoms with Gasteiger partial charge in [-0.15, -0.1) is 0 Å². The van der Waals surface area contributed by atoms with E-state index in [9.17, 15) is 9.59 Å². The third-order valence-electron chi connectivity index (χ3n) is 5.19. The standard InChI is InChI=1S/C20H23N5O2/c1-14-3-5-15(6-4-14)23-18(26)16-13-17(16)19(27)24-9-11-25(12-10-24)20-21-7-2-8-22-20/h2-8,16-17H,9-13H2,1H3,(H,23,26). The van der Waals surface area contributed by atoms with Crippen molar-refractivity contribution in [1.29, 1.82) is 0 Å². The summed E-state index contributed by atoms with van der Waals surface area (Å²) in [4.78, 5) is 37.6. The van der Waals surface area contributed by atoms with E-state index < -0.39 is 0 Å². The molecule has 2 heterocycles. The fourth-order valence-electron chi connectivity index (χ4n) is 3.45. The van der Waals surface area contributed by atoms with Gasteiger partial charge in [-0.1, -0.05) is 17.7 Å². The van der Waals surface area contributed by atoms with Crippen LogP contribution in [0.4, 0.5) is 11.6 Å². The Labute approximate surface area is 158 Å². The maximum atomic E-state index is 12.7. The van der Waals surface area contributed by atoms with Crippen LogP contribution in [0.15, 0.2) is 42.7 Å². The molecule has 2 aliphatic rings. The van der Waals surface area contributed by atoms with Crippen molar-refractivity contribution < 1.29 is 9.59 Å². The number of nitrogens with zero attached hydrogens (tertiary/aromatic N) is 4. The van der Waals surface area contributed by atoms with Gasteiger partial charge >= 0.3 is 0 Å². The number of amides is 2. The molecule has 1 saturated carbocycles. The van der Waals surface area contributed by atoms with Crippen LogP contribution in [0.1, 0.15) is 12.0 Å². The first kappa shape index (κ1) is 17.5. The van der Waals surface area contributed by atoms with Crippen LogP contribution in [0.25, 0.3) is 0 Å². The summed E-state index contributed by atoms with van der Waals surface area (Å²) in [6.07, 6.45) is 4.08. The first-order valence-electron chi connectivity index (χ1n) is 9.30. The minimum absolute atomic E-state index is 0.0616. The second kappa shape index (κ2) is 7.34. The van der Waals surface area contributed by atoms with Crippen LogP contribution in [-0.4, -0.2) is 52.9 Å². The number of hydrogen-bond donors (Lipinski definition) is 1. The monoisotopic (exact) mass is 365 g/mol. The van der Waals surface area contributed by atoms with Crippen molar-refractivity contribution in [2.45, 2.75) is 13.3 Å². The number of nitrogens with one attached hydrogen (secondary N) is 1. The Balaban J connectivity index is 1.27. The summed E-state index contributed by atoms with van der Waals surface area (Å²) < 4.78 is 0. The lowest BCUT2D eigenvalue weighted by molar-refractivity contribution is -0.134. The van der Waals surface area contributed by atoms with Gasteiger partial charge in [0, 0.05) is 44.3 Å². The van der Waals surface area contributed by atoms with Gasteiger partial charge in [-0.3, -0.25) is 9.59 Å². The second-order valence-electron chi connectivity index (χ2n) is 7.17. The maximum absolute atomic E-state index is 12.7. The molecule has 27 heavy (non-hydrogen) atoms. The van der Waals surface area contributed by atoms with Gasteiger partial charge in [-0.05, 0) is 31.5 Å². The van der Waals surface area contributed by atoms with E-state index in [0.29, 0.717) is 38.5 Å². The molecule has 2 aromatic rings. The number of carbonyl (C=O) groups is 2. The predicted octanol–water partition coefficient (Wildman–Crippen LogP) is 1.71. The van der Waals surface area contributed by atoms with E-state index in [2.05, 4.69) is 20.2 Å². The molecular formula is C20H23N5O2. The van der Waals surface area contributed by atoms with Crippen molar-refractivity contribution in [2.75, 3.05) is 36.4 Å². The zero-order chi connectivity index (χ0) is 18.8. The van der Waals surface area contributed by atoms with Crippen LogP contribution in [0.3, 0.4) is 0 Å². The molecule has 4 rings (SSSR count). The molecule has 140 valence electrons. The molecule has 1 aromatic heterocycles. The van der Waals surface area contributed by atoms with E-state index in [1.807, 2.05) is 36.1 Å². The smallest absolute Gasteiger partial charge is 0.228 e. The molecule has 1 N–H and O–H groups in total. The van der Waals surface area contributed by atoms with Gasteiger partial charge in [0.15, 0.2) is 0 Å². The molecule has 2 atom stereocenters. The molecule has 0 spiro atoms. The number of piperazine rings is 1. The Morgan fingerprint density at radius 2 is 1.67 bits per heavy atom. The molecule has 2 amide bonds. The zero-order valence-electron chi connectivity index (χ0n) is 15.3. The van der Waals surface area contributed by atoms with Gasteiger partial charge in [0.25, 0.3) is 0 Å². The maximum Gasteiger partial charge on any atom is 0.228 e. The number of rotatable bonds is 4. The topological polar surface area (TPSA) is 78.4 Å². The number of carbonyl (C=O) groups excluding carboxylic acids is 2. The highest BCUT2D eigenvalue weighted by Gasteiger charge is 2.49. The van der Waals surface area contributed by atoms with Crippen molar-refractivity contribution in [2.24, 2.45) is 11.8 Å². The van der Waals surface area contributed by atoms with Crippen LogP contribution in [0.2, 0.25) is 0 Å². The van der Waals surface area contributed by atoms with E-state index >= 15 is 0 Å². The van der Waals surface area contributed by atoms with Crippen molar-refractivity contribution in [3.63, 3.8) is 0 Å². The second-order valence-corrected chi connectivity index (χ2v) is 7.17. The van der Waals surface area contributed by atoms with Crippen LogP contribution in [-0.2, 0) is 9.59 Å². The summed E-state index contributed by atoms with van der Waals surface area (Å²) in [6, 6.07) is 9.48. The average molecular weight is 365 g/mol. The normalized spacial score (nSPS) is 21.7. The summed E-state index contributed by atoms with van der Waals surface area (Å²) in [6.45, 7) is 4.70. The molecular weight excluding hydrogens is 342 g/mol. The highest BCUT2D eigenvalue weighted by molar-refractivity contribution is 5.99. The Bertz CT molecular complexity index is 816. The lowest BCUT2D eigenvalue weighted by Crippen LogP contribution is -2.50. The lowest BCUT2D eigenvalue weighted by atomic mass is 10.2. The summed E-state index contributed by atoms with van der Waals surface area (Å²) in [5.41, 5.74) is 1.92.